The van der Waals surface area contributed by atoms with Gasteiger partial charge in [-0.05, 0) is 67.6 Å². The fraction of sp³-hybridized carbons (Fsp3) is 0.444. The number of nitrogens with zero attached hydrogens (tertiary/aromatic N) is 4. The molecule has 0 radical (unpaired) electrons. The molecule has 3 aromatic rings. The summed E-state index contributed by atoms with van der Waals surface area (Å²) in [7, 11) is 0. The summed E-state index contributed by atoms with van der Waals surface area (Å²) in [6, 6.07) is 11.8. The predicted octanol–water partition coefficient (Wildman–Crippen LogP) is 4.32. The minimum Gasteiger partial charge on any atom is -0.340 e. The predicted molar refractivity (Wildman–Crippen MR) is 146 cm³/mol. The molecule has 0 aliphatic carbocycles. The van der Waals surface area contributed by atoms with Crippen LogP contribution in [0.15, 0.2) is 52.5 Å². The Hall–Kier alpha value is -2.90. The molecule has 1 aromatic heterocycles. The maximum Gasteiger partial charge on any atom is 0.261 e. The van der Waals surface area contributed by atoms with Gasteiger partial charge in [0, 0.05) is 43.4 Å². The number of aryl methyl sites for hydroxylation is 3. The number of fused-ring (bicyclic) bond motifs is 1. The molecule has 1 fully saturated rings. The van der Waals surface area contributed by atoms with Gasteiger partial charge in [0.1, 0.15) is 0 Å². The zero-order valence-electron chi connectivity index (χ0n) is 21.0. The summed E-state index contributed by atoms with van der Waals surface area (Å²) in [6.45, 7) is 12.8. The Balaban J connectivity index is 1.55. The van der Waals surface area contributed by atoms with Crippen LogP contribution in [0.25, 0.3) is 10.9 Å². The number of guanidine groups is 1. The fourth-order valence-corrected chi connectivity index (χ4v) is 4.34. The Bertz CT molecular complexity index is 1260. The molecule has 4 rings (SSSR count). The van der Waals surface area contributed by atoms with E-state index in [0.717, 1.165) is 54.8 Å². The molecule has 0 bridgehead atoms. The van der Waals surface area contributed by atoms with Crippen molar-refractivity contribution in [2.45, 2.75) is 46.7 Å². The first-order chi connectivity index (χ1) is 16.8. The monoisotopic (exact) mass is 494 g/mol. The second kappa shape index (κ2) is 11.2. The lowest BCUT2D eigenvalue weighted by Gasteiger charge is -2.31. The van der Waals surface area contributed by atoms with Crippen molar-refractivity contribution in [2.75, 3.05) is 31.5 Å². The van der Waals surface area contributed by atoms with Crippen LogP contribution in [0.5, 0.6) is 0 Å². The molecule has 2 N–H and O–H groups in total. The lowest BCUT2D eigenvalue weighted by molar-refractivity contribution is 0.352. The summed E-state index contributed by atoms with van der Waals surface area (Å²) in [5.41, 5.74) is 3.83. The number of aromatic nitrogens is 2. The van der Waals surface area contributed by atoms with E-state index in [9.17, 15) is 4.79 Å². The van der Waals surface area contributed by atoms with E-state index in [1.54, 1.807) is 10.9 Å². The largest absolute Gasteiger partial charge is 0.340 e. The maximum absolute atomic E-state index is 13.1. The number of aliphatic imine (C=N–C) groups is 1. The van der Waals surface area contributed by atoms with E-state index in [1.165, 1.54) is 5.56 Å². The van der Waals surface area contributed by atoms with Crippen LogP contribution in [0.4, 0.5) is 5.69 Å². The molecule has 0 spiro atoms. The van der Waals surface area contributed by atoms with Crippen molar-refractivity contribution in [2.24, 2.45) is 10.9 Å². The van der Waals surface area contributed by atoms with Crippen molar-refractivity contribution in [3.8, 4) is 0 Å². The summed E-state index contributed by atoms with van der Waals surface area (Å²) in [5.74, 6) is 1.32. The Kier molecular flexibility index (Phi) is 8.08. The third-order valence-electron chi connectivity index (χ3n) is 6.72. The molecule has 186 valence electrons. The van der Waals surface area contributed by atoms with Gasteiger partial charge in [-0.15, -0.1) is 0 Å². The van der Waals surface area contributed by atoms with Gasteiger partial charge in [0.25, 0.3) is 5.56 Å². The van der Waals surface area contributed by atoms with Gasteiger partial charge in [-0.25, -0.2) is 9.98 Å². The molecule has 1 unspecified atom stereocenters. The highest BCUT2D eigenvalue weighted by Crippen LogP contribution is 2.18. The number of benzene rings is 2. The molecule has 7 nitrogen and oxygen atoms in total. The highest BCUT2D eigenvalue weighted by atomic mass is 35.5. The number of hydrogen-bond acceptors (Lipinski definition) is 4. The van der Waals surface area contributed by atoms with Gasteiger partial charge in [-0.1, -0.05) is 31.5 Å². The summed E-state index contributed by atoms with van der Waals surface area (Å²) >= 11 is 6.07. The van der Waals surface area contributed by atoms with Crippen molar-refractivity contribution in [1.29, 1.82) is 0 Å². The van der Waals surface area contributed by atoms with E-state index < -0.39 is 0 Å². The zero-order valence-corrected chi connectivity index (χ0v) is 21.8. The van der Waals surface area contributed by atoms with Crippen molar-refractivity contribution >= 4 is 34.2 Å². The van der Waals surface area contributed by atoms with Crippen LogP contribution in [-0.4, -0.2) is 52.6 Å². The SMILES string of the molecule is Cc1cc(Cl)ccc1CCn1cnc2cc(NC(=NC(C)C(C)C)N3CCNCC3)ccc2c1=O. The van der Waals surface area contributed by atoms with E-state index in [2.05, 4.69) is 41.3 Å². The van der Waals surface area contributed by atoms with Crippen molar-refractivity contribution in [3.05, 3.63) is 69.2 Å². The van der Waals surface area contributed by atoms with E-state index in [1.807, 2.05) is 43.3 Å². The van der Waals surface area contributed by atoms with Crippen LogP contribution in [-0.2, 0) is 13.0 Å². The molecule has 1 atom stereocenters. The van der Waals surface area contributed by atoms with E-state index in [0.29, 0.717) is 23.4 Å². The number of anilines is 1. The number of hydrogen-bond donors (Lipinski definition) is 2. The van der Waals surface area contributed by atoms with Gasteiger partial charge in [0.15, 0.2) is 5.96 Å². The first kappa shape index (κ1) is 25.2. The maximum atomic E-state index is 13.1. The minimum absolute atomic E-state index is 0.0300. The molecule has 0 amide bonds. The zero-order chi connectivity index (χ0) is 24.9. The molecular formula is C27H35ClN6O. The lowest BCUT2D eigenvalue weighted by Crippen LogP contribution is -2.49. The third-order valence-corrected chi connectivity index (χ3v) is 6.95. The Morgan fingerprint density at radius 2 is 1.94 bits per heavy atom. The minimum atomic E-state index is -0.0300. The smallest absolute Gasteiger partial charge is 0.261 e. The average molecular weight is 495 g/mol. The van der Waals surface area contributed by atoms with Crippen molar-refractivity contribution in [1.82, 2.24) is 19.8 Å². The second-order valence-electron chi connectivity index (χ2n) is 9.60. The average Bonchev–Trinajstić information content (AvgIpc) is 2.84. The summed E-state index contributed by atoms with van der Waals surface area (Å²) in [5, 5.41) is 8.24. The van der Waals surface area contributed by atoms with Crippen molar-refractivity contribution < 1.29 is 0 Å². The van der Waals surface area contributed by atoms with Crippen LogP contribution in [0.2, 0.25) is 5.02 Å². The van der Waals surface area contributed by atoms with Crippen LogP contribution >= 0.6 is 11.6 Å². The molecular weight excluding hydrogens is 460 g/mol. The molecule has 1 aliphatic heterocycles. The highest BCUT2D eigenvalue weighted by Gasteiger charge is 2.17. The normalized spacial score (nSPS) is 15.6. The van der Waals surface area contributed by atoms with Crippen LogP contribution in [0.1, 0.15) is 31.9 Å². The van der Waals surface area contributed by atoms with E-state index in [-0.39, 0.29) is 11.6 Å². The number of halogens is 1. The molecule has 2 aromatic carbocycles. The number of nitrogens with one attached hydrogen (secondary N) is 2. The van der Waals surface area contributed by atoms with Gasteiger partial charge in [0.05, 0.1) is 23.3 Å². The van der Waals surface area contributed by atoms with E-state index in [4.69, 9.17) is 16.6 Å². The third kappa shape index (κ3) is 6.21. The Labute approximate surface area is 212 Å². The molecule has 2 heterocycles. The fourth-order valence-electron chi connectivity index (χ4n) is 4.12. The van der Waals surface area contributed by atoms with Crippen molar-refractivity contribution in [3.63, 3.8) is 0 Å². The Morgan fingerprint density at radius 3 is 2.66 bits per heavy atom. The molecule has 1 aliphatic rings. The number of piperazine rings is 1. The second-order valence-corrected chi connectivity index (χ2v) is 10.0. The van der Waals surface area contributed by atoms with E-state index >= 15 is 0 Å². The topological polar surface area (TPSA) is 74.6 Å². The van der Waals surface area contributed by atoms with Crippen LogP contribution in [0, 0.1) is 12.8 Å². The quantitative estimate of drug-likeness (QED) is 0.394. The molecule has 8 heteroatoms. The standard InChI is InChI=1S/C27H35ClN6O/c1-18(2)20(4)31-27(33-13-10-29-11-14-33)32-23-7-8-24-25(16-23)30-17-34(26(24)35)12-9-21-5-6-22(28)15-19(21)3/h5-8,15-18,20,29H,9-14H2,1-4H3,(H,31,32). The first-order valence-corrected chi connectivity index (χ1v) is 12.7. The molecule has 35 heavy (non-hydrogen) atoms. The summed E-state index contributed by atoms with van der Waals surface area (Å²) < 4.78 is 1.68. The summed E-state index contributed by atoms with van der Waals surface area (Å²) in [6.07, 6.45) is 2.39. The first-order valence-electron chi connectivity index (χ1n) is 12.4. The number of rotatable bonds is 6. The summed E-state index contributed by atoms with van der Waals surface area (Å²) in [4.78, 5) is 25.0. The molecule has 0 saturated carbocycles. The molecule has 1 saturated heterocycles. The van der Waals surface area contributed by atoms with Gasteiger partial charge in [-0.2, -0.15) is 0 Å². The van der Waals surface area contributed by atoms with Gasteiger partial charge >= 0.3 is 0 Å². The van der Waals surface area contributed by atoms with Crippen LogP contribution in [0.3, 0.4) is 0 Å². The Morgan fingerprint density at radius 1 is 1.17 bits per heavy atom. The van der Waals surface area contributed by atoms with Gasteiger partial charge < -0.3 is 15.5 Å². The van der Waals surface area contributed by atoms with Gasteiger partial charge in [-0.3, -0.25) is 9.36 Å². The van der Waals surface area contributed by atoms with Gasteiger partial charge in [0.2, 0.25) is 0 Å². The highest BCUT2D eigenvalue weighted by molar-refractivity contribution is 6.30. The lowest BCUT2D eigenvalue weighted by atomic mass is 10.1. The van der Waals surface area contributed by atoms with Crippen LogP contribution < -0.4 is 16.2 Å².